The molecule has 1 aromatic rings. The lowest BCUT2D eigenvalue weighted by molar-refractivity contribution is 0.940. The van der Waals surface area contributed by atoms with Crippen LogP contribution in [0.4, 0.5) is 5.82 Å². The molecule has 0 atom stereocenters. The van der Waals surface area contributed by atoms with Gasteiger partial charge in [-0.15, -0.1) is 0 Å². The molecule has 0 radical (unpaired) electrons. The van der Waals surface area contributed by atoms with Crippen molar-refractivity contribution in [3.05, 3.63) is 18.1 Å². The van der Waals surface area contributed by atoms with Crippen LogP contribution in [0.2, 0.25) is 0 Å². The highest BCUT2D eigenvalue weighted by molar-refractivity contribution is 5.41. The first-order valence-electron chi connectivity index (χ1n) is 4.11. The van der Waals surface area contributed by atoms with Crippen LogP contribution in [0.1, 0.15) is 18.9 Å². The normalized spacial score (nSPS) is 9.83. The molecule has 0 aliphatic carbocycles. The van der Waals surface area contributed by atoms with Gasteiger partial charge < -0.3 is 11.1 Å². The fourth-order valence-corrected chi connectivity index (χ4v) is 0.910. The highest BCUT2D eigenvalue weighted by Gasteiger charge is 1.99. The first kappa shape index (κ1) is 8.93. The van der Waals surface area contributed by atoms with Gasteiger partial charge in [-0.2, -0.15) is 0 Å². The number of rotatable bonds is 4. The molecular weight excluding hydrogens is 152 g/mol. The molecule has 0 amide bonds. The van der Waals surface area contributed by atoms with Crippen molar-refractivity contribution in [2.75, 3.05) is 11.9 Å². The molecule has 4 nitrogen and oxygen atoms in total. The van der Waals surface area contributed by atoms with Crippen molar-refractivity contribution in [3.8, 4) is 0 Å². The van der Waals surface area contributed by atoms with Gasteiger partial charge in [-0.25, -0.2) is 9.97 Å². The van der Waals surface area contributed by atoms with Crippen molar-refractivity contribution >= 4 is 5.82 Å². The minimum atomic E-state index is 0.479. The van der Waals surface area contributed by atoms with Gasteiger partial charge in [0.1, 0.15) is 12.1 Å². The topological polar surface area (TPSA) is 63.8 Å². The zero-order chi connectivity index (χ0) is 8.81. The Balaban J connectivity index is 2.68. The van der Waals surface area contributed by atoms with E-state index < -0.39 is 0 Å². The molecule has 1 heterocycles. The van der Waals surface area contributed by atoms with Gasteiger partial charge in [0.05, 0.1) is 0 Å². The Bertz CT molecular complexity index is 236. The van der Waals surface area contributed by atoms with Crippen LogP contribution in [0, 0.1) is 0 Å². The molecule has 66 valence electrons. The summed E-state index contributed by atoms with van der Waals surface area (Å²) in [7, 11) is 0. The molecule has 0 aliphatic rings. The Hall–Kier alpha value is -1.16. The maximum absolute atomic E-state index is 5.50. The summed E-state index contributed by atoms with van der Waals surface area (Å²) >= 11 is 0. The largest absolute Gasteiger partial charge is 0.370 e. The second kappa shape index (κ2) is 4.66. The predicted octanol–water partition coefficient (Wildman–Crippen LogP) is 0.757. The second-order valence-corrected chi connectivity index (χ2v) is 2.53. The van der Waals surface area contributed by atoms with Gasteiger partial charge in [-0.3, -0.25) is 0 Å². The zero-order valence-corrected chi connectivity index (χ0v) is 7.25. The smallest absolute Gasteiger partial charge is 0.133 e. The van der Waals surface area contributed by atoms with Crippen LogP contribution in [0.3, 0.4) is 0 Å². The lowest BCUT2D eigenvalue weighted by atomic mass is 10.3. The van der Waals surface area contributed by atoms with E-state index in [2.05, 4.69) is 22.2 Å². The summed E-state index contributed by atoms with van der Waals surface area (Å²) < 4.78 is 0. The van der Waals surface area contributed by atoms with E-state index in [0.29, 0.717) is 6.54 Å². The van der Waals surface area contributed by atoms with Crippen LogP contribution in [-0.4, -0.2) is 16.5 Å². The molecule has 1 aromatic heterocycles. The van der Waals surface area contributed by atoms with Gasteiger partial charge in [0.25, 0.3) is 0 Å². The Labute approximate surface area is 72.2 Å². The maximum Gasteiger partial charge on any atom is 0.133 e. The number of hydrogen-bond acceptors (Lipinski definition) is 4. The average Bonchev–Trinajstić information content (AvgIpc) is 2.15. The van der Waals surface area contributed by atoms with Crippen LogP contribution < -0.4 is 11.1 Å². The number of aromatic nitrogens is 2. The fourth-order valence-electron chi connectivity index (χ4n) is 0.910. The Morgan fingerprint density at radius 3 is 3.08 bits per heavy atom. The summed E-state index contributed by atoms with van der Waals surface area (Å²) in [4.78, 5) is 7.98. The first-order chi connectivity index (χ1) is 5.88. The number of anilines is 1. The highest BCUT2D eigenvalue weighted by Crippen LogP contribution is 2.07. The first-order valence-corrected chi connectivity index (χ1v) is 4.11. The average molecular weight is 166 g/mol. The monoisotopic (exact) mass is 166 g/mol. The molecule has 4 heteroatoms. The predicted molar refractivity (Wildman–Crippen MR) is 48.7 cm³/mol. The minimum Gasteiger partial charge on any atom is -0.370 e. The van der Waals surface area contributed by atoms with Crippen molar-refractivity contribution in [2.45, 2.75) is 19.9 Å². The standard InChI is InChI=1S/C8H14N4/c1-2-3-11-8-7(4-9)5-10-6-12-8/h5-6H,2-4,9H2,1H3,(H,10,11,12). The van der Waals surface area contributed by atoms with Gasteiger partial charge in [0.15, 0.2) is 0 Å². The summed E-state index contributed by atoms with van der Waals surface area (Å²) in [5.74, 6) is 0.856. The number of hydrogen-bond donors (Lipinski definition) is 2. The van der Waals surface area contributed by atoms with E-state index in [1.54, 1.807) is 6.20 Å². The molecule has 0 aromatic carbocycles. The third kappa shape index (κ3) is 2.17. The summed E-state index contributed by atoms with van der Waals surface area (Å²) in [6.07, 6.45) is 4.34. The van der Waals surface area contributed by atoms with E-state index in [4.69, 9.17) is 5.73 Å². The van der Waals surface area contributed by atoms with Crippen molar-refractivity contribution < 1.29 is 0 Å². The summed E-state index contributed by atoms with van der Waals surface area (Å²) in [6, 6.07) is 0. The Kier molecular flexibility index (Phi) is 3.47. The third-order valence-electron chi connectivity index (χ3n) is 1.55. The second-order valence-electron chi connectivity index (χ2n) is 2.53. The highest BCUT2D eigenvalue weighted by atomic mass is 15.0. The summed E-state index contributed by atoms with van der Waals surface area (Å²) in [5.41, 5.74) is 6.47. The van der Waals surface area contributed by atoms with Crippen molar-refractivity contribution in [1.29, 1.82) is 0 Å². The Morgan fingerprint density at radius 2 is 2.42 bits per heavy atom. The lowest BCUT2D eigenvalue weighted by Crippen LogP contribution is -2.08. The molecule has 3 N–H and O–H groups in total. The SMILES string of the molecule is CCCNc1ncncc1CN. The van der Waals surface area contributed by atoms with Gasteiger partial charge in [-0.1, -0.05) is 6.92 Å². The van der Waals surface area contributed by atoms with Crippen LogP contribution in [0.15, 0.2) is 12.5 Å². The fraction of sp³-hybridized carbons (Fsp3) is 0.500. The maximum atomic E-state index is 5.50. The number of nitrogens with two attached hydrogens (primary N) is 1. The van der Waals surface area contributed by atoms with Crippen molar-refractivity contribution in [1.82, 2.24) is 9.97 Å². The molecule has 0 bridgehead atoms. The van der Waals surface area contributed by atoms with Crippen LogP contribution in [-0.2, 0) is 6.54 Å². The molecule has 0 fully saturated rings. The molecule has 1 rings (SSSR count). The molecule has 0 unspecified atom stereocenters. The number of nitrogens with one attached hydrogen (secondary N) is 1. The van der Waals surface area contributed by atoms with Crippen LogP contribution in [0.25, 0.3) is 0 Å². The van der Waals surface area contributed by atoms with Crippen molar-refractivity contribution in [2.24, 2.45) is 5.73 Å². The van der Waals surface area contributed by atoms with Crippen molar-refractivity contribution in [3.63, 3.8) is 0 Å². The summed E-state index contributed by atoms with van der Waals surface area (Å²) in [5, 5.41) is 3.18. The molecule has 0 aliphatic heterocycles. The molecule has 0 saturated carbocycles. The summed E-state index contributed by atoms with van der Waals surface area (Å²) in [6.45, 7) is 3.51. The van der Waals surface area contributed by atoms with Crippen LogP contribution >= 0.6 is 0 Å². The van der Waals surface area contributed by atoms with E-state index in [1.807, 2.05) is 0 Å². The lowest BCUT2D eigenvalue weighted by Gasteiger charge is -2.06. The minimum absolute atomic E-state index is 0.479. The van der Waals surface area contributed by atoms with Gasteiger partial charge in [0.2, 0.25) is 0 Å². The van der Waals surface area contributed by atoms with Gasteiger partial charge in [-0.05, 0) is 6.42 Å². The Morgan fingerprint density at radius 1 is 1.58 bits per heavy atom. The molecular formula is C8H14N4. The quantitative estimate of drug-likeness (QED) is 0.693. The van der Waals surface area contributed by atoms with E-state index >= 15 is 0 Å². The molecule has 12 heavy (non-hydrogen) atoms. The van der Waals surface area contributed by atoms with Gasteiger partial charge >= 0.3 is 0 Å². The zero-order valence-electron chi connectivity index (χ0n) is 7.25. The van der Waals surface area contributed by atoms with Gasteiger partial charge in [0, 0.05) is 24.8 Å². The van der Waals surface area contributed by atoms with E-state index in [1.165, 1.54) is 6.33 Å². The van der Waals surface area contributed by atoms with E-state index in [9.17, 15) is 0 Å². The number of nitrogens with zero attached hydrogens (tertiary/aromatic N) is 2. The van der Waals surface area contributed by atoms with Crippen LogP contribution in [0.5, 0.6) is 0 Å². The molecule has 0 saturated heterocycles. The third-order valence-corrected chi connectivity index (χ3v) is 1.55. The molecule has 0 spiro atoms. The van der Waals surface area contributed by atoms with E-state index in [0.717, 1.165) is 24.3 Å². The van der Waals surface area contributed by atoms with E-state index in [-0.39, 0.29) is 0 Å².